The molecule has 0 radical (unpaired) electrons. The number of rotatable bonds is 8. The molecule has 0 fully saturated rings. The molecule has 4 rings (SSSR count). The molecule has 9 heteroatoms. The topological polar surface area (TPSA) is 125 Å². The summed E-state index contributed by atoms with van der Waals surface area (Å²) < 4.78 is 3.45. The minimum Gasteiger partial charge on any atom is -0.508 e. The molecule has 0 aliphatic rings. The summed E-state index contributed by atoms with van der Waals surface area (Å²) in [5.74, 6) is 0.142. The number of phenols is 2. The van der Waals surface area contributed by atoms with Crippen molar-refractivity contribution in [3.63, 3.8) is 0 Å². The van der Waals surface area contributed by atoms with Gasteiger partial charge in [0, 0.05) is 42.7 Å². The summed E-state index contributed by atoms with van der Waals surface area (Å²) in [7, 11) is 0. The van der Waals surface area contributed by atoms with Crippen molar-refractivity contribution >= 4 is 16.8 Å². The zero-order chi connectivity index (χ0) is 24.4. The van der Waals surface area contributed by atoms with Crippen LogP contribution in [0.1, 0.15) is 45.1 Å². The van der Waals surface area contributed by atoms with E-state index in [0.29, 0.717) is 36.3 Å². The number of nitrogens with one attached hydrogen (secondary N) is 2. The van der Waals surface area contributed by atoms with E-state index in [2.05, 4.69) is 15.5 Å². The van der Waals surface area contributed by atoms with Gasteiger partial charge < -0.3 is 20.1 Å². The van der Waals surface area contributed by atoms with Gasteiger partial charge in [0.25, 0.3) is 0 Å². The van der Waals surface area contributed by atoms with Gasteiger partial charge in [-0.15, -0.1) is 0 Å². The SMILES string of the molecule is CCCC(=O)NCCn1ccc2cc(-n3c(-c4cc(C(C)C)c(O)cc4O)n[nH]c3=O)ccc21. The molecule has 2 aromatic carbocycles. The maximum atomic E-state index is 12.7. The van der Waals surface area contributed by atoms with Crippen LogP contribution in [0.2, 0.25) is 0 Å². The number of carbonyl (C=O) groups excluding carboxylic acids is 1. The van der Waals surface area contributed by atoms with Crippen LogP contribution in [-0.2, 0) is 11.3 Å². The highest BCUT2D eigenvalue weighted by molar-refractivity contribution is 5.83. The zero-order valence-electron chi connectivity index (χ0n) is 19.5. The van der Waals surface area contributed by atoms with Crippen molar-refractivity contribution in [2.24, 2.45) is 0 Å². The minimum atomic E-state index is -0.439. The van der Waals surface area contributed by atoms with Gasteiger partial charge in [-0.25, -0.2) is 14.5 Å². The average Bonchev–Trinajstić information content (AvgIpc) is 3.36. The Morgan fingerprint density at radius 1 is 1.15 bits per heavy atom. The molecule has 1 amide bonds. The summed E-state index contributed by atoms with van der Waals surface area (Å²) in [6.45, 7) is 7.00. The van der Waals surface area contributed by atoms with Crippen molar-refractivity contribution in [1.29, 1.82) is 0 Å². The van der Waals surface area contributed by atoms with E-state index < -0.39 is 5.69 Å². The largest absolute Gasteiger partial charge is 0.508 e. The first kappa shape index (κ1) is 23.2. The number of aromatic nitrogens is 4. The summed E-state index contributed by atoms with van der Waals surface area (Å²) in [5, 5.41) is 31.1. The van der Waals surface area contributed by atoms with Crippen LogP contribution < -0.4 is 11.0 Å². The standard InChI is InChI=1S/C25H29N5O4/c1-4-5-23(33)26-9-11-29-10-8-16-12-17(6-7-20(16)29)30-24(27-28-25(30)34)19-13-18(15(2)3)21(31)14-22(19)32/h6-8,10,12-15,31-32H,4-5,9,11H2,1-3H3,(H,26,33)(H,28,34). The van der Waals surface area contributed by atoms with Crippen LogP contribution in [-0.4, -0.2) is 42.0 Å². The van der Waals surface area contributed by atoms with E-state index in [1.807, 2.05) is 55.8 Å². The Hall–Kier alpha value is -4.01. The van der Waals surface area contributed by atoms with Crippen molar-refractivity contribution in [3.05, 3.63) is 58.6 Å². The highest BCUT2D eigenvalue weighted by atomic mass is 16.3. The molecule has 0 spiro atoms. The molecule has 0 aliphatic carbocycles. The average molecular weight is 464 g/mol. The zero-order valence-corrected chi connectivity index (χ0v) is 19.5. The van der Waals surface area contributed by atoms with E-state index >= 15 is 0 Å². The maximum absolute atomic E-state index is 12.7. The van der Waals surface area contributed by atoms with Crippen molar-refractivity contribution < 1.29 is 15.0 Å². The number of carbonyl (C=O) groups is 1. The molecule has 0 unspecified atom stereocenters. The Morgan fingerprint density at radius 3 is 2.68 bits per heavy atom. The Morgan fingerprint density at radius 2 is 1.94 bits per heavy atom. The normalized spacial score (nSPS) is 11.4. The van der Waals surface area contributed by atoms with Crippen LogP contribution in [0.15, 0.2) is 47.4 Å². The fraction of sp³-hybridized carbons (Fsp3) is 0.320. The molecule has 9 nitrogen and oxygen atoms in total. The van der Waals surface area contributed by atoms with E-state index in [-0.39, 0.29) is 29.1 Å². The second-order valence-corrected chi connectivity index (χ2v) is 8.62. The van der Waals surface area contributed by atoms with Gasteiger partial charge in [-0.1, -0.05) is 20.8 Å². The lowest BCUT2D eigenvalue weighted by Crippen LogP contribution is -2.26. The van der Waals surface area contributed by atoms with Crippen LogP contribution in [0.4, 0.5) is 0 Å². The van der Waals surface area contributed by atoms with E-state index in [4.69, 9.17) is 0 Å². The quantitative estimate of drug-likeness (QED) is 0.318. The lowest BCUT2D eigenvalue weighted by molar-refractivity contribution is -0.121. The predicted octanol–water partition coefficient (Wildman–Crippen LogP) is 3.63. The van der Waals surface area contributed by atoms with E-state index in [1.54, 1.807) is 6.07 Å². The maximum Gasteiger partial charge on any atom is 0.348 e. The van der Waals surface area contributed by atoms with E-state index in [0.717, 1.165) is 17.3 Å². The van der Waals surface area contributed by atoms with Crippen LogP contribution in [0.25, 0.3) is 28.0 Å². The number of hydrogen-bond acceptors (Lipinski definition) is 5. The number of hydrogen-bond donors (Lipinski definition) is 4. The van der Waals surface area contributed by atoms with Crippen LogP contribution in [0.5, 0.6) is 11.5 Å². The first-order valence-corrected chi connectivity index (χ1v) is 11.4. The summed E-state index contributed by atoms with van der Waals surface area (Å²) in [4.78, 5) is 24.4. The molecule has 0 saturated carbocycles. The summed E-state index contributed by atoms with van der Waals surface area (Å²) in [6, 6.07) is 10.5. The number of aromatic hydroxyl groups is 2. The molecule has 0 bridgehead atoms. The second-order valence-electron chi connectivity index (χ2n) is 8.62. The lowest BCUT2D eigenvalue weighted by Gasteiger charge is -2.13. The molecular formula is C25H29N5O4. The van der Waals surface area contributed by atoms with Gasteiger partial charge in [0.15, 0.2) is 5.82 Å². The number of phenolic OH excluding ortho intramolecular Hbond substituents is 2. The molecule has 178 valence electrons. The molecule has 4 aromatic rings. The van der Waals surface area contributed by atoms with Gasteiger partial charge in [0.2, 0.25) is 5.91 Å². The van der Waals surface area contributed by atoms with Crippen molar-refractivity contribution in [2.45, 2.75) is 46.1 Å². The summed E-state index contributed by atoms with van der Waals surface area (Å²) >= 11 is 0. The number of nitrogens with zero attached hydrogens (tertiary/aromatic N) is 3. The third-order valence-corrected chi connectivity index (χ3v) is 5.84. The first-order valence-electron chi connectivity index (χ1n) is 11.4. The van der Waals surface area contributed by atoms with Crippen molar-refractivity contribution in [2.75, 3.05) is 6.54 Å². The molecule has 34 heavy (non-hydrogen) atoms. The molecule has 0 aliphatic heterocycles. The van der Waals surface area contributed by atoms with Gasteiger partial charge in [-0.3, -0.25) is 4.79 Å². The summed E-state index contributed by atoms with van der Waals surface area (Å²) in [5.41, 5.74) is 2.12. The smallest absolute Gasteiger partial charge is 0.348 e. The number of aromatic amines is 1. The molecule has 0 saturated heterocycles. The van der Waals surface area contributed by atoms with E-state index in [1.165, 1.54) is 10.6 Å². The molecular weight excluding hydrogens is 434 g/mol. The van der Waals surface area contributed by atoms with Crippen LogP contribution >= 0.6 is 0 Å². The molecule has 0 atom stereocenters. The Kier molecular flexibility index (Phi) is 6.45. The molecule has 2 aromatic heterocycles. The van der Waals surface area contributed by atoms with E-state index in [9.17, 15) is 19.8 Å². The summed E-state index contributed by atoms with van der Waals surface area (Å²) in [6.07, 6.45) is 3.28. The van der Waals surface area contributed by atoms with Gasteiger partial charge in [-0.2, -0.15) is 5.10 Å². The first-order chi connectivity index (χ1) is 16.3. The number of benzene rings is 2. The highest BCUT2D eigenvalue weighted by Gasteiger charge is 2.20. The Balaban J connectivity index is 1.68. The third-order valence-electron chi connectivity index (χ3n) is 5.84. The number of fused-ring (bicyclic) bond motifs is 1. The van der Waals surface area contributed by atoms with Gasteiger partial charge in [-0.05, 0) is 48.2 Å². The number of amides is 1. The van der Waals surface area contributed by atoms with Crippen LogP contribution in [0, 0.1) is 0 Å². The highest BCUT2D eigenvalue weighted by Crippen LogP contribution is 2.37. The monoisotopic (exact) mass is 463 g/mol. The lowest BCUT2D eigenvalue weighted by atomic mass is 9.98. The third kappa shape index (κ3) is 4.41. The molecule has 2 heterocycles. The second kappa shape index (κ2) is 9.46. The molecule has 4 N–H and O–H groups in total. The van der Waals surface area contributed by atoms with Gasteiger partial charge in [0.05, 0.1) is 11.3 Å². The van der Waals surface area contributed by atoms with Gasteiger partial charge in [0.1, 0.15) is 11.5 Å². The minimum absolute atomic E-state index is 0.00525. The van der Waals surface area contributed by atoms with Crippen LogP contribution in [0.3, 0.4) is 0 Å². The fourth-order valence-electron chi connectivity index (χ4n) is 4.11. The van der Waals surface area contributed by atoms with Crippen molar-refractivity contribution in [1.82, 2.24) is 24.6 Å². The Labute approximate surface area is 196 Å². The van der Waals surface area contributed by atoms with Gasteiger partial charge >= 0.3 is 5.69 Å². The predicted molar refractivity (Wildman–Crippen MR) is 130 cm³/mol. The Bertz CT molecular complexity index is 1400. The van der Waals surface area contributed by atoms with Crippen molar-refractivity contribution in [3.8, 4) is 28.6 Å². The fourth-order valence-corrected chi connectivity index (χ4v) is 4.11. The number of H-pyrrole nitrogens is 1.